The summed E-state index contributed by atoms with van der Waals surface area (Å²) in [6.07, 6.45) is 4.09. The Kier molecular flexibility index (Phi) is 18.4. The molecule has 8 N–H and O–H groups in total. The third-order valence-electron chi connectivity index (χ3n) is 6.96. The number of aliphatic carboxylic acids is 2. The van der Waals surface area contributed by atoms with Gasteiger partial charge in [-0.1, -0.05) is 50.1 Å². The van der Waals surface area contributed by atoms with Crippen LogP contribution in [0.5, 0.6) is 0 Å². The van der Waals surface area contributed by atoms with Gasteiger partial charge in [-0.3, -0.25) is 19.4 Å². The summed E-state index contributed by atoms with van der Waals surface area (Å²) in [6.45, 7) is 3.96. The van der Waals surface area contributed by atoms with Gasteiger partial charge in [0.05, 0.1) is 16.6 Å². The van der Waals surface area contributed by atoms with E-state index in [1.54, 1.807) is 30.2 Å². The molecule has 0 spiro atoms. The van der Waals surface area contributed by atoms with E-state index in [-0.39, 0.29) is 29.6 Å². The minimum absolute atomic E-state index is 0.0129. The molecule has 0 fully saturated rings. The van der Waals surface area contributed by atoms with Crippen molar-refractivity contribution in [3.05, 3.63) is 42.5 Å². The number of carbonyl (C=O) groups excluding carboxylic acids is 1. The molecule has 13 nitrogen and oxygen atoms in total. The van der Waals surface area contributed by atoms with Crippen molar-refractivity contribution in [2.24, 2.45) is 28.1 Å². The number of nitrogens with two attached hydrogens (primary N) is 3. The van der Waals surface area contributed by atoms with Crippen molar-refractivity contribution < 1.29 is 37.8 Å². The molecule has 14 heteroatoms. The maximum atomic E-state index is 13.4. The van der Waals surface area contributed by atoms with Crippen LogP contribution >= 0.6 is 0 Å². The summed E-state index contributed by atoms with van der Waals surface area (Å²) in [6, 6.07) is 11.6. The number of guanidine groups is 1. The molecule has 2 atom stereocenters. The number of fused-ring (bicyclic) bond motifs is 1. The molecule has 0 saturated heterocycles. The number of nitrogens with zero attached hydrogens (tertiary/aromatic N) is 2. The maximum Gasteiger partial charge on any atom is 0.320 e. The van der Waals surface area contributed by atoms with Crippen molar-refractivity contribution in [2.75, 3.05) is 39.1 Å². The number of ether oxygens (including phenoxy) is 1. The molecule has 0 unspecified atom stereocenters. The summed E-state index contributed by atoms with van der Waals surface area (Å²) in [5, 5.41) is 19.3. The van der Waals surface area contributed by atoms with Crippen LogP contribution < -0.4 is 17.2 Å². The molecule has 0 aromatic heterocycles. The zero-order valence-corrected chi connectivity index (χ0v) is 27.1. The lowest BCUT2D eigenvalue weighted by atomic mass is 10.0. The fourth-order valence-electron chi connectivity index (χ4n) is 4.48. The maximum absolute atomic E-state index is 13.4. The number of unbranched alkanes of at least 4 members (excludes halogenated alkanes) is 2. The molecular weight excluding hydrogens is 602 g/mol. The number of benzene rings is 2. The van der Waals surface area contributed by atoms with E-state index in [0.717, 1.165) is 30.0 Å². The molecule has 45 heavy (non-hydrogen) atoms. The van der Waals surface area contributed by atoms with Gasteiger partial charge in [0.2, 0.25) is 5.91 Å². The summed E-state index contributed by atoms with van der Waals surface area (Å²) in [5.41, 5.74) is 15.3. The number of aliphatic imine (C=N–C) groups is 1. The van der Waals surface area contributed by atoms with Gasteiger partial charge in [-0.25, -0.2) is 8.42 Å². The lowest BCUT2D eigenvalue weighted by Crippen LogP contribution is -2.40. The highest BCUT2D eigenvalue weighted by Crippen LogP contribution is 2.24. The van der Waals surface area contributed by atoms with Gasteiger partial charge >= 0.3 is 11.9 Å². The van der Waals surface area contributed by atoms with Gasteiger partial charge in [0.15, 0.2) is 15.8 Å². The van der Waals surface area contributed by atoms with Gasteiger partial charge < -0.3 is 37.1 Å². The van der Waals surface area contributed by atoms with Crippen LogP contribution in [0.15, 0.2) is 52.4 Å². The molecule has 2 rings (SSSR count). The van der Waals surface area contributed by atoms with E-state index < -0.39 is 39.5 Å². The molecule has 252 valence electrons. The van der Waals surface area contributed by atoms with Crippen molar-refractivity contribution in [1.82, 2.24) is 4.90 Å². The summed E-state index contributed by atoms with van der Waals surface area (Å²) in [5.74, 6) is -3.66. The van der Waals surface area contributed by atoms with Crippen molar-refractivity contribution in [1.29, 1.82) is 0 Å². The first-order chi connectivity index (χ1) is 21.3. The first kappa shape index (κ1) is 39.3. The van der Waals surface area contributed by atoms with E-state index in [9.17, 15) is 27.9 Å². The number of hydrogen-bond donors (Lipinski definition) is 5. The number of carboxylic acids is 2. The van der Waals surface area contributed by atoms with Gasteiger partial charge in [-0.15, -0.1) is 0 Å². The average Bonchev–Trinajstić information content (AvgIpc) is 3.00. The van der Waals surface area contributed by atoms with Crippen molar-refractivity contribution >= 4 is 44.4 Å². The Morgan fingerprint density at radius 1 is 0.956 bits per heavy atom. The average molecular weight is 652 g/mol. The number of amides is 1. The monoisotopic (exact) mass is 651 g/mol. The minimum Gasteiger partial charge on any atom is -0.481 e. The normalized spacial score (nSPS) is 12.4. The lowest BCUT2D eigenvalue weighted by Gasteiger charge is -2.27. The molecular formula is C31H49N5O8S. The van der Waals surface area contributed by atoms with Crippen LogP contribution in [-0.4, -0.2) is 92.5 Å². The SMILES string of the molecule is CCCCCN(CCCOC)C(=O)[C@@H](CCC(=O)O)CS(=O)(=O)c1ccc2ccccc2c1.NC(N)=NCCC[C@H](N)C(=O)O. The Bertz CT molecular complexity index is 1340. The minimum atomic E-state index is -3.79. The number of methoxy groups -OCH3 is 1. The highest BCUT2D eigenvalue weighted by molar-refractivity contribution is 7.91. The first-order valence-electron chi connectivity index (χ1n) is 15.1. The highest BCUT2D eigenvalue weighted by Gasteiger charge is 2.30. The van der Waals surface area contributed by atoms with E-state index in [1.165, 1.54) is 0 Å². The van der Waals surface area contributed by atoms with Crippen molar-refractivity contribution in [2.45, 2.75) is 69.2 Å². The summed E-state index contributed by atoms with van der Waals surface area (Å²) in [7, 11) is -2.20. The van der Waals surface area contributed by atoms with Gasteiger partial charge in [-0.2, -0.15) is 0 Å². The van der Waals surface area contributed by atoms with Crippen LogP contribution in [0, 0.1) is 5.92 Å². The van der Waals surface area contributed by atoms with Gasteiger partial charge in [0, 0.05) is 39.8 Å². The Morgan fingerprint density at radius 3 is 2.22 bits per heavy atom. The summed E-state index contributed by atoms with van der Waals surface area (Å²) in [4.78, 5) is 40.3. The fraction of sp³-hybridized carbons (Fsp3) is 0.548. The van der Waals surface area contributed by atoms with Crippen molar-refractivity contribution in [3.8, 4) is 0 Å². The molecule has 0 aliphatic carbocycles. The molecule has 0 radical (unpaired) electrons. The van der Waals surface area contributed by atoms with Crippen LogP contribution in [0.3, 0.4) is 0 Å². The number of hydrogen-bond acceptors (Lipinski definition) is 8. The van der Waals surface area contributed by atoms with E-state index in [4.69, 9.17) is 27.0 Å². The summed E-state index contributed by atoms with van der Waals surface area (Å²) >= 11 is 0. The molecule has 2 aromatic carbocycles. The van der Waals surface area contributed by atoms with Gasteiger partial charge in [-0.05, 0) is 55.0 Å². The number of rotatable bonds is 20. The zero-order chi connectivity index (χ0) is 33.8. The molecule has 0 aliphatic rings. The summed E-state index contributed by atoms with van der Waals surface area (Å²) < 4.78 is 31.6. The topological polar surface area (TPSA) is 229 Å². The second-order valence-electron chi connectivity index (χ2n) is 10.7. The lowest BCUT2D eigenvalue weighted by molar-refractivity contribution is -0.140. The van der Waals surface area contributed by atoms with Crippen molar-refractivity contribution in [3.63, 3.8) is 0 Å². The largest absolute Gasteiger partial charge is 0.481 e. The van der Waals surface area contributed by atoms with E-state index in [1.807, 2.05) is 24.3 Å². The quantitative estimate of drug-likeness (QED) is 0.0794. The van der Waals surface area contributed by atoms with E-state index in [2.05, 4.69) is 11.9 Å². The Morgan fingerprint density at radius 2 is 1.62 bits per heavy atom. The molecule has 0 saturated carbocycles. The third-order valence-corrected chi connectivity index (χ3v) is 8.77. The van der Waals surface area contributed by atoms with Crippen LogP contribution in [0.4, 0.5) is 0 Å². The smallest absolute Gasteiger partial charge is 0.320 e. The Labute approximate surface area is 265 Å². The van der Waals surface area contributed by atoms with E-state index >= 15 is 0 Å². The molecule has 0 heterocycles. The number of sulfone groups is 1. The van der Waals surface area contributed by atoms with Crippen LogP contribution in [0.25, 0.3) is 10.8 Å². The Hall–Kier alpha value is -3.75. The second kappa shape index (κ2) is 21.1. The van der Waals surface area contributed by atoms with Gasteiger partial charge in [0.25, 0.3) is 0 Å². The van der Waals surface area contributed by atoms with E-state index in [0.29, 0.717) is 45.5 Å². The molecule has 0 bridgehead atoms. The Balaban J connectivity index is 0.000000712. The molecule has 2 aromatic rings. The standard InChI is InChI=1S/C25H35NO6S.C6H14N4O2/c1-3-4-7-15-26(16-8-17-32-2)25(29)22(12-14-24(27)28)19-33(30,31)23-13-11-20-9-5-6-10-21(20)18-23;7-4(5(11)12)2-1-3-10-6(8)9/h5-6,9-11,13,18,22H,3-4,7-8,12,14-17,19H2,1-2H3,(H,27,28);4H,1-3,7H2,(H,11,12)(H4,8,9,10)/t22-;4-/m00/s1. The van der Waals surface area contributed by atoms with Crippen LogP contribution in [0.2, 0.25) is 0 Å². The second-order valence-corrected chi connectivity index (χ2v) is 12.7. The van der Waals surface area contributed by atoms with Gasteiger partial charge in [0.1, 0.15) is 6.04 Å². The molecule has 0 aliphatic heterocycles. The van der Waals surface area contributed by atoms with Crippen LogP contribution in [-0.2, 0) is 29.0 Å². The molecule has 1 amide bonds. The fourth-order valence-corrected chi connectivity index (χ4v) is 6.10. The third kappa shape index (κ3) is 15.7. The first-order valence-corrected chi connectivity index (χ1v) is 16.7. The highest BCUT2D eigenvalue weighted by atomic mass is 32.2. The number of carbonyl (C=O) groups is 3. The predicted molar refractivity (Wildman–Crippen MR) is 174 cm³/mol. The zero-order valence-electron chi connectivity index (χ0n) is 26.3. The predicted octanol–water partition coefficient (Wildman–Crippen LogP) is 2.60. The van der Waals surface area contributed by atoms with Crippen LogP contribution in [0.1, 0.15) is 58.3 Å². The number of carboxylic acid groups (broad SMARTS) is 2.